The lowest BCUT2D eigenvalue weighted by molar-refractivity contribution is 0.192. The summed E-state index contributed by atoms with van der Waals surface area (Å²) in [5, 5.41) is 13.7. The highest BCUT2D eigenvalue weighted by Crippen LogP contribution is 2.22. The van der Waals surface area contributed by atoms with E-state index in [1.807, 2.05) is 6.07 Å². The van der Waals surface area contributed by atoms with Gasteiger partial charge in [-0.15, -0.1) is 0 Å². The Hall–Kier alpha value is -1.88. The molecular formula is C10H12N4O. The maximum atomic E-state index is 9.57. The van der Waals surface area contributed by atoms with E-state index in [1.165, 1.54) is 6.20 Å². The number of hydrogen-bond donors (Lipinski definition) is 2. The molecule has 0 aliphatic carbocycles. The molecular weight excluding hydrogens is 192 g/mol. The van der Waals surface area contributed by atoms with E-state index in [-0.39, 0.29) is 0 Å². The Morgan fingerprint density at radius 1 is 1.47 bits per heavy atom. The van der Waals surface area contributed by atoms with Crippen LogP contribution in [0, 0.1) is 0 Å². The van der Waals surface area contributed by atoms with Crippen LogP contribution in [0.25, 0.3) is 5.69 Å². The summed E-state index contributed by atoms with van der Waals surface area (Å²) in [5.41, 5.74) is 7.56. The SMILES string of the molecule is CC(O)c1c(N)cnn1-c1cccnc1. The number of anilines is 1. The van der Waals surface area contributed by atoms with Gasteiger partial charge in [0.15, 0.2) is 0 Å². The highest BCUT2D eigenvalue weighted by molar-refractivity contribution is 5.46. The Morgan fingerprint density at radius 2 is 2.27 bits per heavy atom. The molecule has 0 spiro atoms. The van der Waals surface area contributed by atoms with E-state index in [0.29, 0.717) is 11.4 Å². The van der Waals surface area contributed by atoms with E-state index in [0.717, 1.165) is 5.69 Å². The van der Waals surface area contributed by atoms with Crippen molar-refractivity contribution in [1.82, 2.24) is 14.8 Å². The molecule has 0 bridgehead atoms. The van der Waals surface area contributed by atoms with Crippen molar-refractivity contribution < 1.29 is 5.11 Å². The number of pyridine rings is 1. The van der Waals surface area contributed by atoms with E-state index >= 15 is 0 Å². The zero-order valence-corrected chi connectivity index (χ0v) is 8.33. The number of hydrogen-bond acceptors (Lipinski definition) is 4. The molecule has 2 aromatic rings. The molecule has 2 heterocycles. The van der Waals surface area contributed by atoms with Gasteiger partial charge in [-0.3, -0.25) is 4.98 Å². The topological polar surface area (TPSA) is 77.0 Å². The fourth-order valence-corrected chi connectivity index (χ4v) is 1.47. The summed E-state index contributed by atoms with van der Waals surface area (Å²) in [5.74, 6) is 0. The van der Waals surface area contributed by atoms with Gasteiger partial charge in [0, 0.05) is 6.20 Å². The van der Waals surface area contributed by atoms with Crippen molar-refractivity contribution in [3.63, 3.8) is 0 Å². The summed E-state index contributed by atoms with van der Waals surface area (Å²) in [6.07, 6.45) is 4.21. The Morgan fingerprint density at radius 3 is 2.87 bits per heavy atom. The lowest BCUT2D eigenvalue weighted by atomic mass is 10.2. The smallest absolute Gasteiger partial charge is 0.0955 e. The van der Waals surface area contributed by atoms with Crippen LogP contribution < -0.4 is 5.73 Å². The lowest BCUT2D eigenvalue weighted by Gasteiger charge is -2.09. The molecule has 1 atom stereocenters. The molecule has 78 valence electrons. The molecule has 2 rings (SSSR count). The fourth-order valence-electron chi connectivity index (χ4n) is 1.47. The van der Waals surface area contributed by atoms with E-state index in [1.54, 1.807) is 30.1 Å². The van der Waals surface area contributed by atoms with E-state index in [9.17, 15) is 5.11 Å². The fraction of sp³-hybridized carbons (Fsp3) is 0.200. The first-order valence-electron chi connectivity index (χ1n) is 4.62. The van der Waals surface area contributed by atoms with Gasteiger partial charge < -0.3 is 10.8 Å². The average molecular weight is 204 g/mol. The summed E-state index contributed by atoms with van der Waals surface area (Å²) >= 11 is 0. The van der Waals surface area contributed by atoms with E-state index < -0.39 is 6.10 Å². The number of nitrogen functional groups attached to an aromatic ring is 1. The van der Waals surface area contributed by atoms with Gasteiger partial charge in [0.1, 0.15) is 0 Å². The maximum absolute atomic E-state index is 9.57. The Labute approximate surface area is 87.2 Å². The number of nitrogens with two attached hydrogens (primary N) is 1. The van der Waals surface area contributed by atoms with E-state index in [4.69, 9.17) is 5.73 Å². The monoisotopic (exact) mass is 204 g/mol. The minimum atomic E-state index is -0.660. The van der Waals surface area contributed by atoms with Crippen LogP contribution in [0.15, 0.2) is 30.7 Å². The normalized spacial score (nSPS) is 12.7. The molecule has 0 radical (unpaired) electrons. The van der Waals surface area contributed by atoms with Crippen molar-refractivity contribution in [2.24, 2.45) is 0 Å². The Kier molecular flexibility index (Phi) is 2.39. The first kappa shape index (κ1) is 9.67. The summed E-state index contributed by atoms with van der Waals surface area (Å²) in [6.45, 7) is 1.65. The molecule has 3 N–H and O–H groups in total. The summed E-state index contributed by atoms with van der Waals surface area (Å²) in [6, 6.07) is 3.66. The van der Waals surface area contributed by atoms with Crippen LogP contribution >= 0.6 is 0 Å². The second kappa shape index (κ2) is 3.70. The second-order valence-corrected chi connectivity index (χ2v) is 3.28. The van der Waals surface area contributed by atoms with Crippen LogP contribution in [-0.4, -0.2) is 19.9 Å². The summed E-state index contributed by atoms with van der Waals surface area (Å²) < 4.78 is 1.59. The molecule has 0 fully saturated rings. The molecule has 0 saturated carbocycles. The third-order valence-corrected chi connectivity index (χ3v) is 2.12. The van der Waals surface area contributed by atoms with Gasteiger partial charge in [-0.1, -0.05) is 0 Å². The molecule has 0 aromatic carbocycles. The van der Waals surface area contributed by atoms with Gasteiger partial charge in [-0.2, -0.15) is 5.10 Å². The lowest BCUT2D eigenvalue weighted by Crippen LogP contribution is -2.07. The van der Waals surface area contributed by atoms with Crippen molar-refractivity contribution in [3.05, 3.63) is 36.4 Å². The minimum Gasteiger partial charge on any atom is -0.396 e. The summed E-state index contributed by atoms with van der Waals surface area (Å²) in [4.78, 5) is 3.99. The standard InChI is InChI=1S/C10H12N4O/c1-7(15)10-9(11)6-13-14(10)8-3-2-4-12-5-8/h2-7,15H,11H2,1H3. The largest absolute Gasteiger partial charge is 0.396 e. The molecule has 0 aliphatic rings. The molecule has 0 aliphatic heterocycles. The molecule has 5 heteroatoms. The van der Waals surface area contributed by atoms with Crippen LogP contribution in [0.1, 0.15) is 18.7 Å². The molecule has 1 unspecified atom stereocenters. The molecule has 0 amide bonds. The van der Waals surface area contributed by atoms with Crippen molar-refractivity contribution in [2.45, 2.75) is 13.0 Å². The van der Waals surface area contributed by atoms with Gasteiger partial charge in [0.2, 0.25) is 0 Å². The quantitative estimate of drug-likeness (QED) is 0.762. The van der Waals surface area contributed by atoms with Crippen molar-refractivity contribution in [3.8, 4) is 5.69 Å². The third-order valence-electron chi connectivity index (χ3n) is 2.12. The Bertz CT molecular complexity index is 450. The third kappa shape index (κ3) is 1.69. The van der Waals surface area contributed by atoms with Crippen LogP contribution in [-0.2, 0) is 0 Å². The average Bonchev–Trinajstić information content (AvgIpc) is 2.61. The van der Waals surface area contributed by atoms with Crippen LogP contribution in [0.3, 0.4) is 0 Å². The van der Waals surface area contributed by atoms with Crippen molar-refractivity contribution >= 4 is 5.69 Å². The highest BCUT2D eigenvalue weighted by atomic mass is 16.3. The van der Waals surface area contributed by atoms with Crippen LogP contribution in [0.2, 0.25) is 0 Å². The number of aliphatic hydroxyl groups excluding tert-OH is 1. The van der Waals surface area contributed by atoms with Crippen molar-refractivity contribution in [1.29, 1.82) is 0 Å². The molecule has 15 heavy (non-hydrogen) atoms. The maximum Gasteiger partial charge on any atom is 0.0955 e. The zero-order valence-electron chi connectivity index (χ0n) is 8.33. The van der Waals surface area contributed by atoms with Crippen LogP contribution in [0.4, 0.5) is 5.69 Å². The zero-order chi connectivity index (χ0) is 10.8. The molecule has 0 saturated heterocycles. The van der Waals surface area contributed by atoms with Gasteiger partial charge >= 0.3 is 0 Å². The predicted octanol–water partition coefficient (Wildman–Crippen LogP) is 0.903. The second-order valence-electron chi connectivity index (χ2n) is 3.28. The van der Waals surface area contributed by atoms with Gasteiger partial charge in [-0.05, 0) is 19.1 Å². The molecule has 5 nitrogen and oxygen atoms in total. The summed E-state index contributed by atoms with van der Waals surface area (Å²) in [7, 11) is 0. The predicted molar refractivity (Wildman–Crippen MR) is 56.4 cm³/mol. The number of rotatable bonds is 2. The number of aliphatic hydroxyl groups is 1. The van der Waals surface area contributed by atoms with E-state index in [2.05, 4.69) is 10.1 Å². The van der Waals surface area contributed by atoms with Crippen molar-refractivity contribution in [2.75, 3.05) is 5.73 Å². The Balaban J connectivity index is 2.54. The first-order chi connectivity index (χ1) is 7.20. The number of aromatic nitrogens is 3. The molecule has 2 aromatic heterocycles. The van der Waals surface area contributed by atoms with Gasteiger partial charge in [0.25, 0.3) is 0 Å². The van der Waals surface area contributed by atoms with Gasteiger partial charge in [-0.25, -0.2) is 4.68 Å². The first-order valence-corrected chi connectivity index (χ1v) is 4.62. The number of nitrogens with zero attached hydrogens (tertiary/aromatic N) is 3. The minimum absolute atomic E-state index is 0.480. The van der Waals surface area contributed by atoms with Crippen LogP contribution in [0.5, 0.6) is 0 Å². The van der Waals surface area contributed by atoms with Gasteiger partial charge in [0.05, 0.1) is 35.6 Å². The highest BCUT2D eigenvalue weighted by Gasteiger charge is 2.14.